The Labute approximate surface area is 164 Å². The Kier molecular flexibility index (Phi) is 7.27. The zero-order chi connectivity index (χ0) is 19.1. The van der Waals surface area contributed by atoms with Gasteiger partial charge in [0.25, 0.3) is 0 Å². The molecular formula is C22H35N3O2. The number of amides is 1. The summed E-state index contributed by atoms with van der Waals surface area (Å²) in [6.45, 7) is 6.25. The summed E-state index contributed by atoms with van der Waals surface area (Å²) < 4.78 is 5.45. The van der Waals surface area contributed by atoms with Crippen molar-refractivity contribution in [1.29, 1.82) is 0 Å². The summed E-state index contributed by atoms with van der Waals surface area (Å²) in [5.74, 6) is 0.996. The molecule has 0 saturated carbocycles. The summed E-state index contributed by atoms with van der Waals surface area (Å²) in [4.78, 5) is 17.8. The number of carbonyl (C=O) groups is 1. The van der Waals surface area contributed by atoms with Crippen molar-refractivity contribution in [2.24, 2.45) is 11.3 Å². The Balaban J connectivity index is 1.48. The minimum absolute atomic E-state index is 0.309. The average Bonchev–Trinajstić information content (AvgIpc) is 2.70. The highest BCUT2D eigenvalue weighted by molar-refractivity contribution is 5.83. The highest BCUT2D eigenvalue weighted by atomic mass is 16.5. The van der Waals surface area contributed by atoms with E-state index in [1.54, 1.807) is 7.11 Å². The molecule has 1 N–H and O–H groups in total. The molecule has 3 rings (SSSR count). The number of nitrogens with one attached hydrogen (secondary N) is 1. The molecule has 0 unspecified atom stereocenters. The van der Waals surface area contributed by atoms with E-state index < -0.39 is 0 Å². The quantitative estimate of drug-likeness (QED) is 0.797. The maximum absolute atomic E-state index is 13.2. The fourth-order valence-corrected chi connectivity index (χ4v) is 4.66. The number of ether oxygens (including phenoxy) is 1. The number of carbonyl (C=O) groups excluding carboxylic acids is 1. The van der Waals surface area contributed by atoms with Crippen LogP contribution in [0.2, 0.25) is 0 Å². The molecule has 0 aliphatic carbocycles. The summed E-state index contributed by atoms with van der Waals surface area (Å²) >= 11 is 0. The summed E-state index contributed by atoms with van der Waals surface area (Å²) in [5.41, 5.74) is 1.05. The van der Waals surface area contributed by atoms with Crippen molar-refractivity contribution in [2.75, 3.05) is 53.5 Å². The summed E-state index contributed by atoms with van der Waals surface area (Å²) in [7, 11) is 3.92. The topological polar surface area (TPSA) is 44.8 Å². The minimum atomic E-state index is -0.309. The van der Waals surface area contributed by atoms with Crippen LogP contribution in [0.3, 0.4) is 0 Å². The molecule has 5 heteroatoms. The van der Waals surface area contributed by atoms with E-state index in [-0.39, 0.29) is 5.41 Å². The van der Waals surface area contributed by atoms with Crippen molar-refractivity contribution < 1.29 is 9.53 Å². The normalized spacial score (nSPS) is 20.8. The summed E-state index contributed by atoms with van der Waals surface area (Å²) in [5, 5.41) is 3.37. The Morgan fingerprint density at radius 1 is 1.22 bits per heavy atom. The van der Waals surface area contributed by atoms with Crippen LogP contribution in [0, 0.1) is 11.3 Å². The van der Waals surface area contributed by atoms with Crippen LogP contribution in [0.15, 0.2) is 30.3 Å². The van der Waals surface area contributed by atoms with Crippen molar-refractivity contribution in [3.05, 3.63) is 35.9 Å². The molecule has 1 aromatic carbocycles. The zero-order valence-corrected chi connectivity index (χ0v) is 17.0. The third kappa shape index (κ3) is 5.31. The number of hydrogen-bond acceptors (Lipinski definition) is 4. The molecule has 0 atom stereocenters. The lowest BCUT2D eigenvalue weighted by molar-refractivity contribution is -0.149. The Hall–Kier alpha value is -1.43. The third-order valence-corrected chi connectivity index (χ3v) is 6.20. The van der Waals surface area contributed by atoms with E-state index in [1.165, 1.54) is 5.56 Å². The SMILES string of the molecule is COCC1(C(=O)N2CCC(CN(C)Cc3ccccc3)CC2)CCNCC1. The number of rotatable bonds is 7. The van der Waals surface area contributed by atoms with Gasteiger partial charge in [0.1, 0.15) is 0 Å². The van der Waals surface area contributed by atoms with Crippen LogP contribution in [0.5, 0.6) is 0 Å². The smallest absolute Gasteiger partial charge is 0.231 e. The van der Waals surface area contributed by atoms with Crippen LogP contribution in [0.4, 0.5) is 0 Å². The van der Waals surface area contributed by atoms with Gasteiger partial charge in [0, 0.05) is 33.3 Å². The fourth-order valence-electron chi connectivity index (χ4n) is 4.66. The van der Waals surface area contributed by atoms with E-state index in [4.69, 9.17) is 4.74 Å². The van der Waals surface area contributed by atoms with Crippen LogP contribution < -0.4 is 5.32 Å². The van der Waals surface area contributed by atoms with Crippen molar-refractivity contribution in [1.82, 2.24) is 15.1 Å². The average molecular weight is 374 g/mol. The van der Waals surface area contributed by atoms with Gasteiger partial charge in [0.2, 0.25) is 5.91 Å². The second-order valence-corrected chi connectivity index (χ2v) is 8.38. The number of hydrogen-bond donors (Lipinski definition) is 1. The molecule has 1 aromatic rings. The summed E-state index contributed by atoms with van der Waals surface area (Å²) in [6, 6.07) is 10.6. The molecule has 1 amide bonds. The van der Waals surface area contributed by atoms with Gasteiger partial charge >= 0.3 is 0 Å². The molecule has 5 nitrogen and oxygen atoms in total. The highest BCUT2D eigenvalue weighted by Crippen LogP contribution is 2.33. The van der Waals surface area contributed by atoms with Crippen LogP contribution in [-0.2, 0) is 16.1 Å². The highest BCUT2D eigenvalue weighted by Gasteiger charge is 2.42. The number of methoxy groups -OCH3 is 1. The van der Waals surface area contributed by atoms with Crippen LogP contribution in [0.1, 0.15) is 31.2 Å². The first-order chi connectivity index (χ1) is 13.1. The van der Waals surface area contributed by atoms with Gasteiger partial charge in [-0.15, -0.1) is 0 Å². The fraction of sp³-hybridized carbons (Fsp3) is 0.682. The lowest BCUT2D eigenvalue weighted by Gasteiger charge is -2.42. The molecule has 0 spiro atoms. The van der Waals surface area contributed by atoms with E-state index >= 15 is 0 Å². The van der Waals surface area contributed by atoms with Gasteiger partial charge in [0.05, 0.1) is 12.0 Å². The molecule has 2 aliphatic heterocycles. The van der Waals surface area contributed by atoms with E-state index in [0.29, 0.717) is 18.4 Å². The first-order valence-electron chi connectivity index (χ1n) is 10.3. The first kappa shape index (κ1) is 20.3. The lowest BCUT2D eigenvalue weighted by atomic mass is 9.77. The first-order valence-corrected chi connectivity index (χ1v) is 10.3. The molecule has 2 saturated heterocycles. The maximum Gasteiger partial charge on any atom is 0.231 e. The Morgan fingerprint density at radius 3 is 2.52 bits per heavy atom. The molecule has 0 bridgehead atoms. The van der Waals surface area contributed by atoms with E-state index in [9.17, 15) is 4.79 Å². The molecule has 27 heavy (non-hydrogen) atoms. The number of nitrogens with zero attached hydrogens (tertiary/aromatic N) is 2. The van der Waals surface area contributed by atoms with Gasteiger partial charge in [-0.3, -0.25) is 4.79 Å². The van der Waals surface area contributed by atoms with Crippen molar-refractivity contribution in [3.8, 4) is 0 Å². The molecule has 2 aliphatic rings. The molecular weight excluding hydrogens is 338 g/mol. The van der Waals surface area contributed by atoms with Crippen molar-refractivity contribution in [2.45, 2.75) is 32.2 Å². The van der Waals surface area contributed by atoms with Crippen LogP contribution in [0.25, 0.3) is 0 Å². The Morgan fingerprint density at radius 2 is 1.89 bits per heavy atom. The third-order valence-electron chi connectivity index (χ3n) is 6.20. The molecule has 150 valence electrons. The van der Waals surface area contributed by atoms with E-state index in [1.807, 2.05) is 0 Å². The van der Waals surface area contributed by atoms with Gasteiger partial charge in [-0.2, -0.15) is 0 Å². The van der Waals surface area contributed by atoms with Crippen LogP contribution >= 0.6 is 0 Å². The second-order valence-electron chi connectivity index (χ2n) is 8.38. The monoisotopic (exact) mass is 373 g/mol. The van der Waals surface area contributed by atoms with E-state index in [2.05, 4.69) is 52.5 Å². The van der Waals surface area contributed by atoms with E-state index in [0.717, 1.165) is 65.0 Å². The van der Waals surface area contributed by atoms with Gasteiger partial charge in [-0.1, -0.05) is 30.3 Å². The van der Waals surface area contributed by atoms with Gasteiger partial charge in [-0.05, 0) is 57.3 Å². The van der Waals surface area contributed by atoms with Crippen molar-refractivity contribution in [3.63, 3.8) is 0 Å². The summed E-state index contributed by atoms with van der Waals surface area (Å²) in [6.07, 6.45) is 3.98. The van der Waals surface area contributed by atoms with Gasteiger partial charge < -0.3 is 19.9 Å². The number of piperidine rings is 2. The van der Waals surface area contributed by atoms with Gasteiger partial charge in [-0.25, -0.2) is 0 Å². The predicted molar refractivity (Wildman–Crippen MR) is 108 cm³/mol. The molecule has 2 heterocycles. The second kappa shape index (κ2) is 9.67. The molecule has 0 radical (unpaired) electrons. The predicted octanol–water partition coefficient (Wildman–Crippen LogP) is 2.37. The van der Waals surface area contributed by atoms with Crippen LogP contribution in [-0.4, -0.2) is 69.2 Å². The van der Waals surface area contributed by atoms with Gasteiger partial charge in [0.15, 0.2) is 0 Å². The zero-order valence-electron chi connectivity index (χ0n) is 17.0. The lowest BCUT2D eigenvalue weighted by Crippen LogP contribution is -2.53. The number of likely N-dealkylation sites (tertiary alicyclic amines) is 1. The largest absolute Gasteiger partial charge is 0.384 e. The molecule has 2 fully saturated rings. The standard InChI is InChI=1S/C22H35N3O2/c1-24(16-19-6-4-3-5-7-19)17-20-8-14-25(15-9-20)21(26)22(18-27-2)10-12-23-13-11-22/h3-7,20,23H,8-18H2,1-2H3. The maximum atomic E-state index is 13.2. The number of benzene rings is 1. The molecule has 0 aromatic heterocycles. The van der Waals surface area contributed by atoms with Crippen molar-refractivity contribution >= 4 is 5.91 Å². The Bertz CT molecular complexity index is 573. The minimum Gasteiger partial charge on any atom is -0.384 e.